The highest BCUT2D eigenvalue weighted by Crippen LogP contribution is 2.28. The molecule has 0 radical (unpaired) electrons. The first-order chi connectivity index (χ1) is 15.5. The van der Waals surface area contributed by atoms with Crippen LogP contribution in [0.15, 0.2) is 29.8 Å². The lowest BCUT2D eigenvalue weighted by Crippen LogP contribution is -2.54. The fraction of sp³-hybridized carbons (Fsp3) is 0.500. The number of amides is 2. The molecule has 1 aromatic heterocycles. The number of nitrogens with zero attached hydrogens (tertiary/aromatic N) is 2. The molecule has 2 heterocycles. The Kier molecular flexibility index (Phi) is 7.54. The summed E-state index contributed by atoms with van der Waals surface area (Å²) in [4.78, 5) is 44.4. The number of benzene rings is 1. The van der Waals surface area contributed by atoms with Gasteiger partial charge in [0.2, 0.25) is 11.8 Å². The number of ether oxygens (including phenoxy) is 1. The molecule has 3 rings (SSSR count). The van der Waals surface area contributed by atoms with Crippen molar-refractivity contribution >= 4 is 29.1 Å². The molecule has 178 valence electrons. The standard InChI is InChI=1S/C24H32N4O4S/c1-14-20(33-13-27-14)17-8-6-16(7-9-17)11-26-22(30)19-10-18(32-15(2)29)12-28(19)23(31)21(25)24(3,4)5/h6-9,13,18-19,21H,10-12,25H2,1-5H3,(H,26,30)/t18-,19-,21+/m0/s1. The number of rotatable bonds is 6. The van der Waals surface area contributed by atoms with Crippen LogP contribution in [0.4, 0.5) is 0 Å². The monoisotopic (exact) mass is 472 g/mol. The van der Waals surface area contributed by atoms with Crippen molar-refractivity contribution in [1.82, 2.24) is 15.2 Å². The third kappa shape index (κ3) is 5.97. The van der Waals surface area contributed by atoms with Gasteiger partial charge in [0.1, 0.15) is 12.1 Å². The lowest BCUT2D eigenvalue weighted by atomic mass is 9.86. The zero-order valence-corrected chi connectivity index (χ0v) is 20.6. The molecule has 0 saturated carbocycles. The lowest BCUT2D eigenvalue weighted by Gasteiger charge is -2.32. The fourth-order valence-corrected chi connectivity index (χ4v) is 4.63. The Morgan fingerprint density at radius 3 is 2.48 bits per heavy atom. The van der Waals surface area contributed by atoms with Gasteiger partial charge in [-0.15, -0.1) is 11.3 Å². The zero-order chi connectivity index (χ0) is 24.3. The van der Waals surface area contributed by atoms with Gasteiger partial charge in [-0.3, -0.25) is 14.4 Å². The van der Waals surface area contributed by atoms with Crippen LogP contribution in [0, 0.1) is 12.3 Å². The second-order valence-corrected chi connectivity index (χ2v) is 10.4. The van der Waals surface area contributed by atoms with Crippen LogP contribution in [0.25, 0.3) is 10.4 Å². The van der Waals surface area contributed by atoms with Crippen molar-refractivity contribution in [3.8, 4) is 10.4 Å². The summed E-state index contributed by atoms with van der Waals surface area (Å²) >= 11 is 1.59. The van der Waals surface area contributed by atoms with E-state index in [0.717, 1.165) is 21.7 Å². The van der Waals surface area contributed by atoms with Gasteiger partial charge in [-0.25, -0.2) is 4.98 Å². The molecule has 2 aromatic rings. The average molecular weight is 473 g/mol. The summed E-state index contributed by atoms with van der Waals surface area (Å²) in [6, 6.07) is 6.42. The van der Waals surface area contributed by atoms with E-state index in [-0.39, 0.29) is 24.8 Å². The van der Waals surface area contributed by atoms with Gasteiger partial charge < -0.3 is 20.7 Å². The highest BCUT2D eigenvalue weighted by Gasteiger charge is 2.44. The van der Waals surface area contributed by atoms with Crippen molar-refractivity contribution in [2.24, 2.45) is 11.1 Å². The van der Waals surface area contributed by atoms with E-state index in [9.17, 15) is 14.4 Å². The second kappa shape index (κ2) is 10.0. The molecule has 33 heavy (non-hydrogen) atoms. The molecule has 8 nitrogen and oxygen atoms in total. The summed E-state index contributed by atoms with van der Waals surface area (Å²) in [6.45, 7) is 9.40. The van der Waals surface area contributed by atoms with Crippen molar-refractivity contribution < 1.29 is 19.1 Å². The topological polar surface area (TPSA) is 115 Å². The Labute approximate surface area is 198 Å². The number of aryl methyl sites for hydroxylation is 1. The van der Waals surface area contributed by atoms with E-state index in [0.29, 0.717) is 6.54 Å². The number of thiazole rings is 1. The summed E-state index contributed by atoms with van der Waals surface area (Å²) in [6.07, 6.45) is -0.284. The number of aromatic nitrogens is 1. The van der Waals surface area contributed by atoms with Gasteiger partial charge in [-0.2, -0.15) is 0 Å². The normalized spacial score (nSPS) is 19.3. The number of carbonyl (C=O) groups is 3. The molecule has 0 unspecified atom stereocenters. The molecular formula is C24H32N4O4S. The zero-order valence-electron chi connectivity index (χ0n) is 19.8. The Hall–Kier alpha value is -2.78. The summed E-state index contributed by atoms with van der Waals surface area (Å²) in [5.41, 5.74) is 10.5. The largest absolute Gasteiger partial charge is 0.461 e. The van der Waals surface area contributed by atoms with Crippen LogP contribution >= 0.6 is 11.3 Å². The molecule has 3 N–H and O–H groups in total. The van der Waals surface area contributed by atoms with Gasteiger partial charge in [0.15, 0.2) is 0 Å². The highest BCUT2D eigenvalue weighted by atomic mass is 32.1. The van der Waals surface area contributed by atoms with Gasteiger partial charge in [-0.05, 0) is 23.5 Å². The Morgan fingerprint density at radius 2 is 1.94 bits per heavy atom. The average Bonchev–Trinajstić information content (AvgIpc) is 3.36. The molecule has 2 amide bonds. The van der Waals surface area contributed by atoms with E-state index in [2.05, 4.69) is 10.3 Å². The quantitative estimate of drug-likeness (QED) is 0.625. The number of likely N-dealkylation sites (tertiary alicyclic amines) is 1. The third-order valence-corrected chi connectivity index (χ3v) is 6.79. The Bertz CT molecular complexity index is 1010. The maximum atomic E-state index is 13.1. The van der Waals surface area contributed by atoms with Crippen LogP contribution in [-0.4, -0.2) is 52.4 Å². The number of nitrogens with two attached hydrogens (primary N) is 1. The highest BCUT2D eigenvalue weighted by molar-refractivity contribution is 7.13. The van der Waals surface area contributed by atoms with E-state index in [4.69, 9.17) is 10.5 Å². The van der Waals surface area contributed by atoms with E-state index in [1.165, 1.54) is 11.8 Å². The van der Waals surface area contributed by atoms with Gasteiger partial charge in [-0.1, -0.05) is 45.0 Å². The van der Waals surface area contributed by atoms with Gasteiger partial charge in [0.05, 0.1) is 28.7 Å². The summed E-state index contributed by atoms with van der Waals surface area (Å²) < 4.78 is 5.30. The van der Waals surface area contributed by atoms with Gasteiger partial charge in [0.25, 0.3) is 0 Å². The lowest BCUT2D eigenvalue weighted by molar-refractivity contribution is -0.147. The second-order valence-electron chi connectivity index (χ2n) is 9.50. The summed E-state index contributed by atoms with van der Waals surface area (Å²) in [7, 11) is 0. The van der Waals surface area contributed by atoms with Crippen LogP contribution in [0.3, 0.4) is 0 Å². The molecule has 0 spiro atoms. The predicted molar refractivity (Wildman–Crippen MR) is 127 cm³/mol. The minimum atomic E-state index is -0.772. The first-order valence-corrected chi connectivity index (χ1v) is 11.9. The van der Waals surface area contributed by atoms with Crippen LogP contribution in [0.5, 0.6) is 0 Å². The molecule has 1 aliphatic heterocycles. The summed E-state index contributed by atoms with van der Waals surface area (Å²) in [5, 5.41) is 2.92. The van der Waals surface area contributed by atoms with Crippen LogP contribution in [0.2, 0.25) is 0 Å². The van der Waals surface area contributed by atoms with Gasteiger partial charge >= 0.3 is 5.97 Å². The van der Waals surface area contributed by atoms with Crippen molar-refractivity contribution in [2.45, 2.75) is 65.8 Å². The molecule has 9 heteroatoms. The molecule has 1 fully saturated rings. The molecule has 0 aliphatic carbocycles. The van der Waals surface area contributed by atoms with Crippen LogP contribution < -0.4 is 11.1 Å². The maximum Gasteiger partial charge on any atom is 0.302 e. The SMILES string of the molecule is CC(=O)O[C@H]1C[C@@H](C(=O)NCc2ccc(-c3scnc3C)cc2)N(C(=O)[C@@H](N)C(C)(C)C)C1. The molecule has 1 aliphatic rings. The minimum absolute atomic E-state index is 0.156. The summed E-state index contributed by atoms with van der Waals surface area (Å²) in [5.74, 6) is -1.05. The molecule has 1 aromatic carbocycles. The number of hydrogen-bond acceptors (Lipinski definition) is 7. The van der Waals surface area contributed by atoms with Crippen LogP contribution in [-0.2, 0) is 25.7 Å². The minimum Gasteiger partial charge on any atom is -0.461 e. The first-order valence-electron chi connectivity index (χ1n) is 11.0. The van der Waals surface area contributed by atoms with E-state index >= 15 is 0 Å². The number of hydrogen-bond donors (Lipinski definition) is 2. The van der Waals surface area contributed by atoms with E-state index in [1.54, 1.807) is 11.3 Å². The third-order valence-electron chi connectivity index (χ3n) is 5.81. The van der Waals surface area contributed by atoms with E-state index < -0.39 is 29.6 Å². The molecule has 1 saturated heterocycles. The smallest absolute Gasteiger partial charge is 0.302 e. The fourth-order valence-electron chi connectivity index (χ4n) is 3.82. The molecule has 0 bridgehead atoms. The van der Waals surface area contributed by atoms with Crippen molar-refractivity contribution in [1.29, 1.82) is 0 Å². The number of carbonyl (C=O) groups excluding carboxylic acids is 3. The first kappa shape index (κ1) is 24.9. The number of esters is 1. The van der Waals surface area contributed by atoms with Crippen molar-refractivity contribution in [2.75, 3.05) is 6.54 Å². The predicted octanol–water partition coefficient (Wildman–Crippen LogP) is 2.64. The number of nitrogens with one attached hydrogen (secondary N) is 1. The maximum absolute atomic E-state index is 13.1. The molecular weight excluding hydrogens is 440 g/mol. The molecule has 3 atom stereocenters. The Balaban J connectivity index is 1.68. The van der Waals surface area contributed by atoms with Crippen LogP contribution in [0.1, 0.15) is 45.4 Å². The van der Waals surface area contributed by atoms with E-state index in [1.807, 2.05) is 57.5 Å². The van der Waals surface area contributed by atoms with Crippen molar-refractivity contribution in [3.05, 3.63) is 41.0 Å². The van der Waals surface area contributed by atoms with Gasteiger partial charge in [0, 0.05) is 19.9 Å². The Morgan fingerprint density at radius 1 is 1.27 bits per heavy atom. The van der Waals surface area contributed by atoms with Crippen molar-refractivity contribution in [3.63, 3.8) is 0 Å².